The number of piperidine rings is 1. The number of likely N-dealkylation sites (tertiary alicyclic amines) is 1. The Balaban J connectivity index is 2.33. The second kappa shape index (κ2) is 6.46. The number of rotatable bonds is 4. The smallest absolute Gasteiger partial charge is 0.235 e. The van der Waals surface area contributed by atoms with Crippen molar-refractivity contribution >= 4 is 5.91 Å². The van der Waals surface area contributed by atoms with Crippen LogP contribution in [-0.2, 0) is 4.79 Å². The van der Waals surface area contributed by atoms with Gasteiger partial charge in [-0.3, -0.25) is 9.69 Å². The maximum absolute atomic E-state index is 11.4. The highest BCUT2D eigenvalue weighted by Gasteiger charge is 2.26. The van der Waals surface area contributed by atoms with Crippen LogP contribution in [0.5, 0.6) is 0 Å². The SMILES string of the molecule is CCC1CN(CC(=O)NCC#N)CCC1O. The molecule has 0 radical (unpaired) electrons. The monoisotopic (exact) mass is 225 g/mol. The van der Waals surface area contributed by atoms with Crippen LogP contribution < -0.4 is 5.32 Å². The van der Waals surface area contributed by atoms with Gasteiger partial charge in [0.2, 0.25) is 5.91 Å². The number of carbonyl (C=O) groups excluding carboxylic acids is 1. The summed E-state index contributed by atoms with van der Waals surface area (Å²) in [5.74, 6) is 0.144. The minimum Gasteiger partial charge on any atom is -0.393 e. The highest BCUT2D eigenvalue weighted by atomic mass is 16.3. The molecule has 0 aromatic carbocycles. The number of carbonyl (C=O) groups is 1. The summed E-state index contributed by atoms with van der Waals surface area (Å²) in [6, 6.07) is 1.87. The molecule has 2 unspecified atom stereocenters. The summed E-state index contributed by atoms with van der Waals surface area (Å²) in [6.45, 7) is 3.94. The van der Waals surface area contributed by atoms with Crippen molar-refractivity contribution in [3.05, 3.63) is 0 Å². The maximum Gasteiger partial charge on any atom is 0.235 e. The molecule has 0 spiro atoms. The zero-order valence-corrected chi connectivity index (χ0v) is 9.65. The highest BCUT2D eigenvalue weighted by molar-refractivity contribution is 5.78. The highest BCUT2D eigenvalue weighted by Crippen LogP contribution is 2.19. The summed E-state index contributed by atoms with van der Waals surface area (Å²) in [5.41, 5.74) is 0. The van der Waals surface area contributed by atoms with Gasteiger partial charge in [-0.1, -0.05) is 6.92 Å². The van der Waals surface area contributed by atoms with E-state index in [2.05, 4.69) is 5.32 Å². The predicted molar refractivity (Wildman–Crippen MR) is 59.5 cm³/mol. The van der Waals surface area contributed by atoms with Crippen LogP contribution in [0.3, 0.4) is 0 Å². The number of aliphatic hydroxyl groups excluding tert-OH is 1. The van der Waals surface area contributed by atoms with E-state index >= 15 is 0 Å². The van der Waals surface area contributed by atoms with Crippen molar-refractivity contribution in [3.63, 3.8) is 0 Å². The van der Waals surface area contributed by atoms with Crippen molar-refractivity contribution in [2.75, 3.05) is 26.2 Å². The first-order chi connectivity index (χ1) is 7.67. The quantitative estimate of drug-likeness (QED) is 0.645. The molecule has 5 nitrogen and oxygen atoms in total. The van der Waals surface area contributed by atoms with E-state index in [1.54, 1.807) is 0 Å². The van der Waals surface area contributed by atoms with Gasteiger partial charge in [-0.25, -0.2) is 0 Å². The van der Waals surface area contributed by atoms with Crippen molar-refractivity contribution in [3.8, 4) is 6.07 Å². The summed E-state index contributed by atoms with van der Waals surface area (Å²) in [5, 5.41) is 20.5. The fourth-order valence-electron chi connectivity index (χ4n) is 2.04. The molecule has 2 N–H and O–H groups in total. The van der Waals surface area contributed by atoms with E-state index < -0.39 is 0 Å². The van der Waals surface area contributed by atoms with Crippen LogP contribution in [0.4, 0.5) is 0 Å². The predicted octanol–water partition coefficient (Wildman–Crippen LogP) is -0.281. The zero-order valence-electron chi connectivity index (χ0n) is 9.65. The van der Waals surface area contributed by atoms with E-state index in [1.165, 1.54) is 0 Å². The normalized spacial score (nSPS) is 26.1. The molecule has 1 fully saturated rings. The molecule has 0 aliphatic carbocycles. The lowest BCUT2D eigenvalue weighted by Gasteiger charge is -2.35. The van der Waals surface area contributed by atoms with E-state index in [9.17, 15) is 9.90 Å². The Kier molecular flexibility index (Phi) is 5.23. The topological polar surface area (TPSA) is 76.4 Å². The van der Waals surface area contributed by atoms with E-state index in [-0.39, 0.29) is 24.5 Å². The molecule has 1 amide bonds. The number of aliphatic hydroxyl groups is 1. The Bertz CT molecular complexity index is 275. The van der Waals surface area contributed by atoms with E-state index in [0.717, 1.165) is 25.9 Å². The van der Waals surface area contributed by atoms with Crippen LogP contribution in [0.1, 0.15) is 19.8 Å². The second-order valence-electron chi connectivity index (χ2n) is 4.19. The number of amides is 1. The fraction of sp³-hybridized carbons (Fsp3) is 0.818. The molecule has 0 aromatic rings. The van der Waals surface area contributed by atoms with Gasteiger partial charge in [-0.15, -0.1) is 0 Å². The standard InChI is InChI=1S/C11H19N3O2/c1-2-9-7-14(6-3-10(9)15)8-11(16)13-5-4-12/h9-10,15H,2-3,5-8H2,1H3,(H,13,16). The molecule has 0 aromatic heterocycles. The Morgan fingerprint density at radius 2 is 2.44 bits per heavy atom. The van der Waals surface area contributed by atoms with Gasteiger partial charge in [0.05, 0.1) is 18.7 Å². The van der Waals surface area contributed by atoms with E-state index in [4.69, 9.17) is 5.26 Å². The van der Waals surface area contributed by atoms with Crippen molar-refractivity contribution in [2.24, 2.45) is 5.92 Å². The summed E-state index contributed by atoms with van der Waals surface area (Å²) >= 11 is 0. The van der Waals surface area contributed by atoms with Crippen molar-refractivity contribution in [1.29, 1.82) is 5.26 Å². The van der Waals surface area contributed by atoms with Crippen LogP contribution in [0.25, 0.3) is 0 Å². The summed E-state index contributed by atoms with van der Waals surface area (Å²) in [7, 11) is 0. The molecule has 1 rings (SSSR count). The fourth-order valence-corrected chi connectivity index (χ4v) is 2.04. The summed E-state index contributed by atoms with van der Waals surface area (Å²) < 4.78 is 0. The number of nitrogens with zero attached hydrogens (tertiary/aromatic N) is 2. The first kappa shape index (κ1) is 12.9. The number of hydrogen-bond donors (Lipinski definition) is 2. The Morgan fingerprint density at radius 1 is 1.69 bits per heavy atom. The minimum atomic E-state index is -0.233. The first-order valence-electron chi connectivity index (χ1n) is 5.71. The Labute approximate surface area is 96.0 Å². The van der Waals surface area contributed by atoms with E-state index in [1.807, 2.05) is 17.9 Å². The third-order valence-corrected chi connectivity index (χ3v) is 3.03. The third kappa shape index (κ3) is 3.80. The molecule has 0 bridgehead atoms. The number of hydrogen-bond acceptors (Lipinski definition) is 4. The lowest BCUT2D eigenvalue weighted by molar-refractivity contribution is -0.123. The van der Waals surface area contributed by atoms with Crippen LogP contribution >= 0.6 is 0 Å². The van der Waals surface area contributed by atoms with E-state index in [0.29, 0.717) is 6.54 Å². The molecule has 1 aliphatic heterocycles. The largest absolute Gasteiger partial charge is 0.393 e. The Hall–Kier alpha value is -1.12. The van der Waals surface area contributed by atoms with Gasteiger partial charge < -0.3 is 10.4 Å². The molecular formula is C11H19N3O2. The Morgan fingerprint density at radius 3 is 3.06 bits per heavy atom. The van der Waals surface area contributed by atoms with Crippen LogP contribution in [-0.4, -0.2) is 48.2 Å². The molecule has 90 valence electrons. The molecule has 1 aliphatic rings. The number of nitriles is 1. The van der Waals surface area contributed by atoms with Crippen molar-refractivity contribution < 1.29 is 9.90 Å². The molecule has 16 heavy (non-hydrogen) atoms. The van der Waals surface area contributed by atoms with Gasteiger partial charge in [0.15, 0.2) is 0 Å². The van der Waals surface area contributed by atoms with Gasteiger partial charge in [0.25, 0.3) is 0 Å². The van der Waals surface area contributed by atoms with Gasteiger partial charge in [0, 0.05) is 13.1 Å². The average Bonchev–Trinajstić information content (AvgIpc) is 2.29. The molecule has 1 saturated heterocycles. The first-order valence-corrected chi connectivity index (χ1v) is 5.71. The van der Waals surface area contributed by atoms with Crippen LogP contribution in [0, 0.1) is 17.2 Å². The molecule has 1 heterocycles. The second-order valence-corrected chi connectivity index (χ2v) is 4.19. The minimum absolute atomic E-state index is 0.0620. The van der Waals surface area contributed by atoms with Crippen LogP contribution in [0.2, 0.25) is 0 Å². The lowest BCUT2D eigenvalue weighted by Crippen LogP contribution is -2.47. The lowest BCUT2D eigenvalue weighted by atomic mass is 9.92. The molecule has 5 heteroatoms. The molecule has 0 saturated carbocycles. The van der Waals surface area contributed by atoms with Gasteiger partial charge in [-0.2, -0.15) is 5.26 Å². The number of nitrogens with one attached hydrogen (secondary N) is 1. The maximum atomic E-state index is 11.4. The molecular weight excluding hydrogens is 206 g/mol. The van der Waals surface area contributed by atoms with Gasteiger partial charge >= 0.3 is 0 Å². The van der Waals surface area contributed by atoms with Crippen molar-refractivity contribution in [1.82, 2.24) is 10.2 Å². The van der Waals surface area contributed by atoms with Gasteiger partial charge in [0.1, 0.15) is 6.54 Å². The zero-order chi connectivity index (χ0) is 12.0. The van der Waals surface area contributed by atoms with Crippen LogP contribution in [0.15, 0.2) is 0 Å². The molecule has 2 atom stereocenters. The average molecular weight is 225 g/mol. The summed E-state index contributed by atoms with van der Waals surface area (Å²) in [4.78, 5) is 13.4. The van der Waals surface area contributed by atoms with Gasteiger partial charge in [-0.05, 0) is 18.8 Å². The summed E-state index contributed by atoms with van der Waals surface area (Å²) in [6.07, 6.45) is 1.42. The van der Waals surface area contributed by atoms with Crippen molar-refractivity contribution in [2.45, 2.75) is 25.9 Å². The third-order valence-electron chi connectivity index (χ3n) is 3.03.